The van der Waals surface area contributed by atoms with Crippen LogP contribution in [0.3, 0.4) is 0 Å². The topological polar surface area (TPSA) is 90.7 Å². The molecule has 0 saturated heterocycles. The molecule has 0 radical (unpaired) electrons. The minimum absolute atomic E-state index is 0.221. The fraction of sp³-hybridized carbons (Fsp3) is 0.143. The largest absolute Gasteiger partial charge is 0.370 e. The van der Waals surface area contributed by atoms with Crippen LogP contribution in [0.25, 0.3) is 0 Å². The van der Waals surface area contributed by atoms with Crippen LogP contribution in [0.1, 0.15) is 27.4 Å². The summed E-state index contributed by atoms with van der Waals surface area (Å²) in [5, 5.41) is 14.8. The first kappa shape index (κ1) is 19.0. The third-order valence-electron chi connectivity index (χ3n) is 3.95. The normalized spacial score (nSPS) is 10.2. The maximum absolute atomic E-state index is 13.0. The molecule has 0 aliphatic heterocycles. The summed E-state index contributed by atoms with van der Waals surface area (Å²) in [5.74, 6) is 0.342. The Morgan fingerprint density at radius 3 is 2.68 bits per heavy atom. The highest BCUT2D eigenvalue weighted by molar-refractivity contribution is 6.03. The Hall–Kier alpha value is -3.79. The van der Waals surface area contributed by atoms with Crippen LogP contribution < -0.4 is 10.6 Å². The fourth-order valence-corrected chi connectivity index (χ4v) is 2.62. The number of carbonyl (C=O) groups excluding carboxylic acids is 1. The number of hydrogen-bond donors (Lipinski definition) is 2. The zero-order valence-electron chi connectivity index (χ0n) is 15.2. The molecular formula is C21H18FN5O. The van der Waals surface area contributed by atoms with Gasteiger partial charge in [-0.2, -0.15) is 5.26 Å². The number of anilines is 2. The van der Waals surface area contributed by atoms with Gasteiger partial charge in [0.15, 0.2) is 0 Å². The molecule has 6 nitrogen and oxygen atoms in total. The smallest absolute Gasteiger partial charge is 0.274 e. The van der Waals surface area contributed by atoms with Crippen LogP contribution in [-0.4, -0.2) is 22.4 Å². The van der Waals surface area contributed by atoms with Crippen molar-refractivity contribution in [2.75, 3.05) is 17.2 Å². The van der Waals surface area contributed by atoms with E-state index in [1.54, 1.807) is 49.4 Å². The highest BCUT2D eigenvalue weighted by Crippen LogP contribution is 2.13. The van der Waals surface area contributed by atoms with Gasteiger partial charge in [0.2, 0.25) is 0 Å². The number of amides is 1. The lowest BCUT2D eigenvalue weighted by Gasteiger charge is -2.09. The lowest BCUT2D eigenvalue weighted by molar-refractivity contribution is 0.102. The highest BCUT2D eigenvalue weighted by atomic mass is 19.1. The van der Waals surface area contributed by atoms with Crippen LogP contribution in [0, 0.1) is 24.1 Å². The van der Waals surface area contributed by atoms with E-state index in [2.05, 4.69) is 20.6 Å². The zero-order valence-corrected chi connectivity index (χ0v) is 15.2. The number of aromatic nitrogens is 2. The van der Waals surface area contributed by atoms with Crippen LogP contribution >= 0.6 is 0 Å². The number of benzene rings is 2. The van der Waals surface area contributed by atoms with Gasteiger partial charge in [-0.25, -0.2) is 14.4 Å². The molecule has 0 unspecified atom stereocenters. The first-order valence-electron chi connectivity index (χ1n) is 8.69. The van der Waals surface area contributed by atoms with Gasteiger partial charge in [-0.15, -0.1) is 0 Å². The second-order valence-corrected chi connectivity index (χ2v) is 6.14. The van der Waals surface area contributed by atoms with Crippen LogP contribution in [0.15, 0.2) is 54.6 Å². The average Bonchev–Trinajstić information content (AvgIpc) is 2.69. The van der Waals surface area contributed by atoms with Gasteiger partial charge in [-0.1, -0.05) is 18.2 Å². The van der Waals surface area contributed by atoms with Crippen molar-refractivity contribution in [3.05, 3.63) is 83.1 Å². The van der Waals surface area contributed by atoms with Gasteiger partial charge >= 0.3 is 0 Å². The summed E-state index contributed by atoms with van der Waals surface area (Å²) in [6.07, 6.45) is 0.686. The van der Waals surface area contributed by atoms with Crippen molar-refractivity contribution in [2.45, 2.75) is 13.3 Å². The molecule has 0 aliphatic carbocycles. The van der Waals surface area contributed by atoms with Crippen molar-refractivity contribution < 1.29 is 9.18 Å². The second-order valence-electron chi connectivity index (χ2n) is 6.14. The molecule has 2 N–H and O–H groups in total. The van der Waals surface area contributed by atoms with Crippen molar-refractivity contribution in [3.8, 4) is 6.07 Å². The Morgan fingerprint density at radius 1 is 1.14 bits per heavy atom. The Bertz CT molecular complexity index is 1030. The van der Waals surface area contributed by atoms with Gasteiger partial charge < -0.3 is 10.6 Å². The van der Waals surface area contributed by atoms with E-state index in [-0.39, 0.29) is 17.4 Å². The first-order chi connectivity index (χ1) is 13.5. The first-order valence-corrected chi connectivity index (χ1v) is 8.69. The Kier molecular flexibility index (Phi) is 5.92. The number of aryl methyl sites for hydroxylation is 1. The highest BCUT2D eigenvalue weighted by Gasteiger charge is 2.11. The van der Waals surface area contributed by atoms with E-state index in [0.29, 0.717) is 35.9 Å². The van der Waals surface area contributed by atoms with Crippen molar-refractivity contribution in [3.63, 3.8) is 0 Å². The molecule has 140 valence electrons. The molecule has 7 heteroatoms. The van der Waals surface area contributed by atoms with E-state index >= 15 is 0 Å². The summed E-state index contributed by atoms with van der Waals surface area (Å²) in [6.45, 7) is 2.28. The van der Waals surface area contributed by atoms with E-state index in [1.165, 1.54) is 12.1 Å². The van der Waals surface area contributed by atoms with E-state index < -0.39 is 0 Å². The van der Waals surface area contributed by atoms with Gasteiger partial charge in [-0.3, -0.25) is 4.79 Å². The third kappa shape index (κ3) is 5.11. The van der Waals surface area contributed by atoms with Gasteiger partial charge in [0.1, 0.15) is 23.2 Å². The van der Waals surface area contributed by atoms with E-state index in [1.807, 2.05) is 6.07 Å². The van der Waals surface area contributed by atoms with Crippen LogP contribution in [0.5, 0.6) is 0 Å². The number of nitrogens with one attached hydrogen (secondary N) is 2. The summed E-state index contributed by atoms with van der Waals surface area (Å²) >= 11 is 0. The van der Waals surface area contributed by atoms with Gasteiger partial charge in [0.25, 0.3) is 5.91 Å². The van der Waals surface area contributed by atoms with Crippen molar-refractivity contribution in [1.82, 2.24) is 9.97 Å². The zero-order chi connectivity index (χ0) is 19.9. The molecule has 0 bridgehead atoms. The van der Waals surface area contributed by atoms with Crippen molar-refractivity contribution in [1.29, 1.82) is 5.26 Å². The predicted octanol–water partition coefficient (Wildman–Crippen LogP) is 3.70. The SMILES string of the molecule is Cc1nc(NCCc2ccc(F)cc2)cc(C(=O)Nc2cccc(C#N)c2)n1. The number of rotatable bonds is 6. The molecule has 28 heavy (non-hydrogen) atoms. The summed E-state index contributed by atoms with van der Waals surface area (Å²) in [6, 6.07) is 16.6. The quantitative estimate of drug-likeness (QED) is 0.685. The molecule has 0 spiro atoms. The molecule has 1 aromatic heterocycles. The molecule has 3 aromatic rings. The molecule has 1 amide bonds. The summed E-state index contributed by atoms with van der Waals surface area (Å²) in [5.41, 5.74) is 2.19. The van der Waals surface area contributed by atoms with E-state index in [9.17, 15) is 9.18 Å². The Morgan fingerprint density at radius 2 is 1.93 bits per heavy atom. The van der Waals surface area contributed by atoms with Gasteiger partial charge in [0.05, 0.1) is 11.6 Å². The standard InChI is InChI=1S/C21H18FN5O/c1-14-25-19(21(28)27-18-4-2-3-16(11-18)13-23)12-20(26-14)24-10-9-15-5-7-17(22)8-6-15/h2-8,11-12H,9-10H2,1H3,(H,27,28)(H,24,25,26). The Balaban J connectivity index is 1.65. The fourth-order valence-electron chi connectivity index (χ4n) is 2.62. The predicted molar refractivity (Wildman–Crippen MR) is 104 cm³/mol. The summed E-state index contributed by atoms with van der Waals surface area (Å²) in [7, 11) is 0. The maximum Gasteiger partial charge on any atom is 0.274 e. The van der Waals surface area contributed by atoms with E-state index in [4.69, 9.17) is 5.26 Å². The molecule has 0 saturated carbocycles. The number of carbonyl (C=O) groups is 1. The van der Waals surface area contributed by atoms with Crippen molar-refractivity contribution >= 4 is 17.4 Å². The second kappa shape index (κ2) is 8.73. The van der Waals surface area contributed by atoms with Crippen LogP contribution in [-0.2, 0) is 6.42 Å². The number of halogens is 1. The van der Waals surface area contributed by atoms with E-state index in [0.717, 1.165) is 5.56 Å². The number of hydrogen-bond acceptors (Lipinski definition) is 5. The lowest BCUT2D eigenvalue weighted by Crippen LogP contribution is -2.16. The Labute approximate surface area is 162 Å². The van der Waals surface area contributed by atoms with Gasteiger partial charge in [-0.05, 0) is 49.2 Å². The minimum Gasteiger partial charge on any atom is -0.370 e. The maximum atomic E-state index is 13.0. The molecule has 0 aliphatic rings. The molecule has 3 rings (SSSR count). The number of nitrogens with zero attached hydrogens (tertiary/aromatic N) is 3. The lowest BCUT2D eigenvalue weighted by atomic mass is 10.1. The third-order valence-corrected chi connectivity index (χ3v) is 3.95. The monoisotopic (exact) mass is 375 g/mol. The van der Waals surface area contributed by atoms with Gasteiger partial charge in [0, 0.05) is 18.3 Å². The minimum atomic E-state index is -0.387. The van der Waals surface area contributed by atoms with Crippen LogP contribution in [0.4, 0.5) is 15.9 Å². The molecule has 0 fully saturated rings. The summed E-state index contributed by atoms with van der Waals surface area (Å²) in [4.78, 5) is 21.0. The molecule has 2 aromatic carbocycles. The molecular weight excluding hydrogens is 357 g/mol. The average molecular weight is 375 g/mol. The van der Waals surface area contributed by atoms with Crippen molar-refractivity contribution in [2.24, 2.45) is 0 Å². The molecule has 1 heterocycles. The van der Waals surface area contributed by atoms with Crippen LogP contribution in [0.2, 0.25) is 0 Å². The summed E-state index contributed by atoms with van der Waals surface area (Å²) < 4.78 is 13.0. The molecule has 0 atom stereocenters. The number of nitriles is 1.